The summed E-state index contributed by atoms with van der Waals surface area (Å²) in [6, 6.07) is 11.0. The maximum Gasteiger partial charge on any atom is 0.341 e. The molecule has 0 aliphatic heterocycles. The quantitative estimate of drug-likeness (QED) is 0.517. The minimum absolute atomic E-state index is 0.322. The average Bonchev–Trinajstić information content (AvgIpc) is 3.10. The fraction of sp³-hybridized carbons (Fsp3) is 0.150. The fourth-order valence-electron chi connectivity index (χ4n) is 2.46. The number of aromatic nitrogens is 1. The van der Waals surface area contributed by atoms with Crippen LogP contribution in [0.15, 0.2) is 58.6 Å². The van der Waals surface area contributed by atoms with E-state index in [1.807, 2.05) is 36.6 Å². The summed E-state index contributed by atoms with van der Waals surface area (Å²) >= 11 is 4.74. The molecular weight excluding hydrogens is 428 g/mol. The number of anilines is 1. The van der Waals surface area contributed by atoms with Gasteiger partial charge < -0.3 is 10.1 Å². The van der Waals surface area contributed by atoms with E-state index in [9.17, 15) is 9.59 Å². The zero-order valence-corrected chi connectivity index (χ0v) is 17.0. The smallest absolute Gasteiger partial charge is 0.341 e. The molecule has 0 aliphatic rings. The molecule has 0 spiro atoms. The van der Waals surface area contributed by atoms with Crippen LogP contribution in [0.5, 0.6) is 0 Å². The first-order valence-corrected chi connectivity index (χ1v) is 10.0. The summed E-state index contributed by atoms with van der Waals surface area (Å²) in [4.78, 5) is 29.1. The molecule has 0 saturated carbocycles. The lowest BCUT2D eigenvalue weighted by Crippen LogP contribution is -2.15. The van der Waals surface area contributed by atoms with E-state index in [1.54, 1.807) is 18.3 Å². The van der Waals surface area contributed by atoms with E-state index in [4.69, 9.17) is 4.74 Å². The maximum absolute atomic E-state index is 12.7. The maximum atomic E-state index is 12.7. The van der Waals surface area contributed by atoms with Crippen molar-refractivity contribution in [2.75, 3.05) is 11.9 Å². The first-order valence-electron chi connectivity index (χ1n) is 8.36. The second-order valence-electron chi connectivity index (χ2n) is 5.70. The van der Waals surface area contributed by atoms with Crippen LogP contribution < -0.4 is 5.32 Å². The summed E-state index contributed by atoms with van der Waals surface area (Å²) < 4.78 is 6.25. The molecule has 2 heterocycles. The van der Waals surface area contributed by atoms with Crippen LogP contribution >= 0.6 is 27.3 Å². The van der Waals surface area contributed by atoms with Crippen LogP contribution in [-0.2, 0) is 4.74 Å². The van der Waals surface area contributed by atoms with Crippen molar-refractivity contribution in [3.63, 3.8) is 0 Å². The highest BCUT2D eigenvalue weighted by Crippen LogP contribution is 2.37. The van der Waals surface area contributed by atoms with Crippen LogP contribution in [-0.4, -0.2) is 23.5 Å². The summed E-state index contributed by atoms with van der Waals surface area (Å²) in [5, 5.41) is 5.12. The minimum atomic E-state index is -0.449. The van der Waals surface area contributed by atoms with Gasteiger partial charge in [-0.15, -0.1) is 11.3 Å². The molecule has 1 aromatic carbocycles. The number of thiophene rings is 1. The molecule has 3 aromatic rings. The Bertz CT molecular complexity index is 957. The summed E-state index contributed by atoms with van der Waals surface area (Å²) in [7, 11) is 0. The summed E-state index contributed by atoms with van der Waals surface area (Å²) in [5.74, 6) is -0.773. The lowest BCUT2D eigenvalue weighted by molar-refractivity contribution is 0.0508. The predicted octanol–water partition coefficient (Wildman–Crippen LogP) is 5.39. The van der Waals surface area contributed by atoms with E-state index < -0.39 is 5.97 Å². The van der Waals surface area contributed by atoms with E-state index >= 15 is 0 Å². The molecule has 27 heavy (non-hydrogen) atoms. The lowest BCUT2D eigenvalue weighted by Gasteiger charge is -2.09. The monoisotopic (exact) mass is 444 g/mol. The van der Waals surface area contributed by atoms with Gasteiger partial charge in [0.05, 0.1) is 12.2 Å². The number of nitrogens with one attached hydrogen (secondary N) is 1. The number of carbonyl (C=O) groups is 2. The Hall–Kier alpha value is -2.51. The van der Waals surface area contributed by atoms with Gasteiger partial charge in [0.25, 0.3) is 5.91 Å². The number of hydrogen-bond acceptors (Lipinski definition) is 5. The van der Waals surface area contributed by atoms with Crippen molar-refractivity contribution in [3.05, 3.63) is 69.8 Å². The van der Waals surface area contributed by atoms with Crippen molar-refractivity contribution in [2.45, 2.75) is 13.3 Å². The summed E-state index contributed by atoms with van der Waals surface area (Å²) in [5.41, 5.74) is 2.38. The molecule has 1 N–H and O–H groups in total. The van der Waals surface area contributed by atoms with Gasteiger partial charge in [-0.1, -0.05) is 35.0 Å². The number of hydrogen-bond donors (Lipinski definition) is 1. The lowest BCUT2D eigenvalue weighted by atomic mass is 10.0. The topological polar surface area (TPSA) is 68.3 Å². The van der Waals surface area contributed by atoms with Crippen molar-refractivity contribution >= 4 is 44.1 Å². The first kappa shape index (κ1) is 19.3. The third-order valence-corrected chi connectivity index (χ3v) is 5.11. The number of carbonyl (C=O) groups excluding carboxylic acids is 2. The van der Waals surface area contributed by atoms with Gasteiger partial charge in [-0.05, 0) is 36.2 Å². The van der Waals surface area contributed by atoms with Crippen LogP contribution in [0.4, 0.5) is 5.00 Å². The van der Waals surface area contributed by atoms with Gasteiger partial charge in [0.1, 0.15) is 10.6 Å². The molecule has 138 valence electrons. The van der Waals surface area contributed by atoms with Crippen LogP contribution in [0.25, 0.3) is 11.1 Å². The standard InChI is InChI=1S/C20H17BrN2O3S/c1-2-9-26-20(25)17-16(13-5-3-7-15(21)10-13)12-27-19(17)23-18(24)14-6-4-8-22-11-14/h3-8,10-12H,2,9H2,1H3,(H,23,24). The van der Waals surface area contributed by atoms with E-state index in [0.29, 0.717) is 22.7 Å². The summed E-state index contributed by atoms with van der Waals surface area (Å²) in [6.07, 6.45) is 3.80. The summed E-state index contributed by atoms with van der Waals surface area (Å²) in [6.45, 7) is 2.25. The Balaban J connectivity index is 1.98. The van der Waals surface area contributed by atoms with Crippen molar-refractivity contribution in [1.82, 2.24) is 4.98 Å². The van der Waals surface area contributed by atoms with Crippen molar-refractivity contribution in [3.8, 4) is 11.1 Å². The van der Waals surface area contributed by atoms with Gasteiger partial charge in [0.15, 0.2) is 0 Å². The number of amides is 1. The molecule has 0 unspecified atom stereocenters. The van der Waals surface area contributed by atoms with Gasteiger partial charge in [-0.3, -0.25) is 9.78 Å². The number of benzene rings is 1. The third-order valence-electron chi connectivity index (χ3n) is 3.72. The van der Waals surface area contributed by atoms with Gasteiger partial charge in [0.2, 0.25) is 0 Å². The Morgan fingerprint density at radius 2 is 2.11 bits per heavy atom. The van der Waals surface area contributed by atoms with Crippen molar-refractivity contribution in [2.24, 2.45) is 0 Å². The Morgan fingerprint density at radius 1 is 1.26 bits per heavy atom. The molecular formula is C20H17BrN2O3S. The number of rotatable bonds is 6. The third kappa shape index (κ3) is 4.61. The SMILES string of the molecule is CCCOC(=O)c1c(-c2cccc(Br)c2)csc1NC(=O)c1cccnc1. The molecule has 5 nitrogen and oxygen atoms in total. The van der Waals surface area contributed by atoms with Crippen LogP contribution in [0.2, 0.25) is 0 Å². The zero-order chi connectivity index (χ0) is 19.2. The zero-order valence-electron chi connectivity index (χ0n) is 14.6. The van der Waals surface area contributed by atoms with E-state index in [2.05, 4.69) is 26.2 Å². The normalized spacial score (nSPS) is 10.4. The molecule has 2 aromatic heterocycles. The minimum Gasteiger partial charge on any atom is -0.462 e. The number of pyridine rings is 1. The first-order chi connectivity index (χ1) is 13.1. The van der Waals surface area contributed by atoms with Gasteiger partial charge >= 0.3 is 5.97 Å². The van der Waals surface area contributed by atoms with E-state index in [0.717, 1.165) is 22.0 Å². The number of halogens is 1. The molecule has 0 saturated heterocycles. The second-order valence-corrected chi connectivity index (χ2v) is 7.49. The number of nitrogens with zero attached hydrogens (tertiary/aromatic N) is 1. The molecule has 0 atom stereocenters. The molecule has 1 amide bonds. The van der Waals surface area contributed by atoms with Crippen molar-refractivity contribution in [1.29, 1.82) is 0 Å². The molecule has 0 radical (unpaired) electrons. The number of esters is 1. The molecule has 0 fully saturated rings. The highest BCUT2D eigenvalue weighted by molar-refractivity contribution is 9.10. The van der Waals surface area contributed by atoms with Crippen LogP contribution in [0.1, 0.15) is 34.1 Å². The highest BCUT2D eigenvalue weighted by atomic mass is 79.9. The molecule has 0 aliphatic carbocycles. The molecule has 0 bridgehead atoms. The largest absolute Gasteiger partial charge is 0.462 e. The van der Waals surface area contributed by atoms with Gasteiger partial charge in [0, 0.05) is 27.8 Å². The van der Waals surface area contributed by atoms with Crippen LogP contribution in [0.3, 0.4) is 0 Å². The predicted molar refractivity (Wildman–Crippen MR) is 110 cm³/mol. The fourth-order valence-corrected chi connectivity index (χ4v) is 3.81. The van der Waals surface area contributed by atoms with Crippen molar-refractivity contribution < 1.29 is 14.3 Å². The molecule has 3 rings (SSSR count). The van der Waals surface area contributed by atoms with Gasteiger partial charge in [-0.2, -0.15) is 0 Å². The highest BCUT2D eigenvalue weighted by Gasteiger charge is 2.23. The molecule has 7 heteroatoms. The second kappa shape index (κ2) is 8.92. The number of ether oxygens (including phenoxy) is 1. The van der Waals surface area contributed by atoms with E-state index in [-0.39, 0.29) is 5.91 Å². The Kier molecular flexibility index (Phi) is 6.36. The Labute approximate surface area is 169 Å². The Morgan fingerprint density at radius 3 is 2.81 bits per heavy atom. The van der Waals surface area contributed by atoms with Crippen LogP contribution in [0, 0.1) is 0 Å². The van der Waals surface area contributed by atoms with E-state index in [1.165, 1.54) is 17.5 Å². The average molecular weight is 445 g/mol. The van der Waals surface area contributed by atoms with Gasteiger partial charge in [-0.25, -0.2) is 4.79 Å².